The van der Waals surface area contributed by atoms with Crippen molar-refractivity contribution in [2.45, 2.75) is 33.6 Å². The zero-order valence-corrected chi connectivity index (χ0v) is 14.7. The van der Waals surface area contributed by atoms with Crippen LogP contribution in [0.1, 0.15) is 32.5 Å². The van der Waals surface area contributed by atoms with Gasteiger partial charge in [-0.3, -0.25) is 4.79 Å². The summed E-state index contributed by atoms with van der Waals surface area (Å²) in [7, 11) is 0. The number of nitrogens with two attached hydrogens (primary N) is 1. The molecule has 7 nitrogen and oxygen atoms in total. The maximum absolute atomic E-state index is 14.0. The SMILES string of the molecule is CCC(CC)(CN)C(=O)Nc1ccc(F)c(-n2nnnc2C)c1.Cl. The van der Waals surface area contributed by atoms with Gasteiger partial charge in [-0.05, 0) is 48.4 Å². The number of carbonyl (C=O) groups is 1. The second-order valence-electron chi connectivity index (χ2n) is 5.45. The van der Waals surface area contributed by atoms with Gasteiger partial charge in [0.15, 0.2) is 5.82 Å². The molecule has 1 heterocycles. The number of carbonyl (C=O) groups excluding carboxylic acids is 1. The van der Waals surface area contributed by atoms with Crippen LogP contribution in [-0.2, 0) is 4.79 Å². The summed E-state index contributed by atoms with van der Waals surface area (Å²) in [5.41, 5.74) is 5.81. The molecular weight excluding hydrogens is 335 g/mol. The Balaban J connectivity index is 0.00000288. The van der Waals surface area contributed by atoms with E-state index in [1.165, 1.54) is 22.9 Å². The Hall–Kier alpha value is -2.06. The van der Waals surface area contributed by atoms with Gasteiger partial charge in [0.05, 0.1) is 5.41 Å². The summed E-state index contributed by atoms with van der Waals surface area (Å²) in [5, 5.41) is 13.8. The highest BCUT2D eigenvalue weighted by Gasteiger charge is 2.33. The van der Waals surface area contributed by atoms with Crippen LogP contribution in [0.15, 0.2) is 18.2 Å². The van der Waals surface area contributed by atoms with Gasteiger partial charge in [0.2, 0.25) is 5.91 Å². The van der Waals surface area contributed by atoms with E-state index in [0.29, 0.717) is 24.4 Å². The molecule has 2 aromatic rings. The number of benzene rings is 1. The van der Waals surface area contributed by atoms with Gasteiger partial charge in [-0.15, -0.1) is 17.5 Å². The van der Waals surface area contributed by atoms with Crippen molar-refractivity contribution in [1.82, 2.24) is 20.2 Å². The van der Waals surface area contributed by atoms with Gasteiger partial charge in [-0.1, -0.05) is 13.8 Å². The van der Waals surface area contributed by atoms with Crippen LogP contribution in [0.4, 0.5) is 10.1 Å². The Labute approximate surface area is 146 Å². The molecule has 0 fully saturated rings. The normalized spacial score (nSPS) is 11.0. The molecule has 0 atom stereocenters. The van der Waals surface area contributed by atoms with Crippen LogP contribution in [-0.4, -0.2) is 32.7 Å². The number of nitrogens with zero attached hydrogens (tertiary/aromatic N) is 4. The van der Waals surface area contributed by atoms with Crippen LogP contribution in [0.2, 0.25) is 0 Å². The Morgan fingerprint density at radius 3 is 2.54 bits per heavy atom. The number of amides is 1. The number of rotatable bonds is 6. The minimum atomic E-state index is -0.626. The fourth-order valence-corrected chi connectivity index (χ4v) is 2.42. The summed E-state index contributed by atoms with van der Waals surface area (Å²) in [6.45, 7) is 5.78. The van der Waals surface area contributed by atoms with Crippen molar-refractivity contribution in [2.24, 2.45) is 11.1 Å². The topological polar surface area (TPSA) is 98.7 Å². The summed E-state index contributed by atoms with van der Waals surface area (Å²) in [5.74, 6) is -0.198. The first-order chi connectivity index (χ1) is 11.0. The van der Waals surface area contributed by atoms with Crippen molar-refractivity contribution in [3.63, 3.8) is 0 Å². The molecule has 1 aromatic carbocycles. The largest absolute Gasteiger partial charge is 0.329 e. The predicted octanol–water partition coefficient (Wildman–Crippen LogP) is 2.24. The Kier molecular flexibility index (Phi) is 6.80. The van der Waals surface area contributed by atoms with Gasteiger partial charge in [0.1, 0.15) is 11.5 Å². The maximum Gasteiger partial charge on any atom is 0.231 e. The van der Waals surface area contributed by atoms with E-state index in [1.54, 1.807) is 6.92 Å². The van der Waals surface area contributed by atoms with Crippen molar-refractivity contribution in [3.8, 4) is 5.69 Å². The Bertz CT molecular complexity index is 693. The van der Waals surface area contributed by atoms with Gasteiger partial charge in [-0.25, -0.2) is 4.39 Å². The molecule has 1 amide bonds. The van der Waals surface area contributed by atoms with E-state index in [4.69, 9.17) is 5.73 Å². The van der Waals surface area contributed by atoms with Crippen molar-refractivity contribution in [1.29, 1.82) is 0 Å². The first kappa shape index (κ1) is 20.0. The van der Waals surface area contributed by atoms with Crippen molar-refractivity contribution >= 4 is 24.0 Å². The summed E-state index contributed by atoms with van der Waals surface area (Å²) in [6, 6.07) is 4.28. The number of hydrogen-bond acceptors (Lipinski definition) is 5. The van der Waals surface area contributed by atoms with E-state index in [0.717, 1.165) is 0 Å². The second kappa shape index (κ2) is 8.16. The van der Waals surface area contributed by atoms with Crippen LogP contribution in [0.25, 0.3) is 5.69 Å². The van der Waals surface area contributed by atoms with Gasteiger partial charge in [0, 0.05) is 12.2 Å². The highest BCUT2D eigenvalue weighted by Crippen LogP contribution is 2.27. The number of tetrazole rings is 1. The average molecular weight is 357 g/mol. The quantitative estimate of drug-likeness (QED) is 0.827. The van der Waals surface area contributed by atoms with Crippen LogP contribution < -0.4 is 11.1 Å². The van der Waals surface area contributed by atoms with E-state index < -0.39 is 11.2 Å². The third-order valence-corrected chi connectivity index (χ3v) is 4.28. The summed E-state index contributed by atoms with van der Waals surface area (Å²) in [4.78, 5) is 12.5. The molecule has 0 spiro atoms. The highest BCUT2D eigenvalue weighted by atomic mass is 35.5. The molecule has 0 aliphatic heterocycles. The smallest absolute Gasteiger partial charge is 0.231 e. The molecule has 0 radical (unpaired) electrons. The van der Waals surface area contributed by atoms with Gasteiger partial charge < -0.3 is 11.1 Å². The maximum atomic E-state index is 14.0. The van der Waals surface area contributed by atoms with Crippen LogP contribution >= 0.6 is 12.4 Å². The number of nitrogens with one attached hydrogen (secondary N) is 1. The molecule has 24 heavy (non-hydrogen) atoms. The zero-order valence-electron chi connectivity index (χ0n) is 13.9. The summed E-state index contributed by atoms with van der Waals surface area (Å²) >= 11 is 0. The highest BCUT2D eigenvalue weighted by molar-refractivity contribution is 5.95. The third-order valence-electron chi connectivity index (χ3n) is 4.28. The number of aryl methyl sites for hydroxylation is 1. The van der Waals surface area contributed by atoms with Crippen molar-refractivity contribution < 1.29 is 9.18 Å². The number of aromatic nitrogens is 4. The zero-order chi connectivity index (χ0) is 17.0. The summed E-state index contributed by atoms with van der Waals surface area (Å²) < 4.78 is 15.3. The Morgan fingerprint density at radius 1 is 1.38 bits per heavy atom. The van der Waals surface area contributed by atoms with Gasteiger partial charge in [0.25, 0.3) is 0 Å². The minimum absolute atomic E-state index is 0. The molecule has 0 unspecified atom stereocenters. The molecular formula is C15H22ClFN6O. The first-order valence-corrected chi connectivity index (χ1v) is 7.54. The average Bonchev–Trinajstić information content (AvgIpc) is 2.97. The molecule has 9 heteroatoms. The fourth-order valence-electron chi connectivity index (χ4n) is 2.42. The molecule has 0 aliphatic carbocycles. The molecule has 3 N–H and O–H groups in total. The number of anilines is 1. The van der Waals surface area contributed by atoms with Gasteiger partial charge in [-0.2, -0.15) is 4.68 Å². The Morgan fingerprint density at radius 2 is 2.04 bits per heavy atom. The number of halogens is 2. The molecule has 2 rings (SSSR count). The summed E-state index contributed by atoms with van der Waals surface area (Å²) in [6.07, 6.45) is 1.26. The first-order valence-electron chi connectivity index (χ1n) is 7.54. The molecule has 0 saturated carbocycles. The van der Waals surface area contributed by atoms with Crippen LogP contribution in [0, 0.1) is 18.2 Å². The predicted molar refractivity (Wildman–Crippen MR) is 91.8 cm³/mol. The van der Waals surface area contributed by atoms with Gasteiger partial charge >= 0.3 is 0 Å². The number of hydrogen-bond donors (Lipinski definition) is 2. The molecule has 0 bridgehead atoms. The molecule has 132 valence electrons. The fraction of sp³-hybridized carbons (Fsp3) is 0.467. The van der Waals surface area contributed by atoms with E-state index in [1.807, 2.05) is 13.8 Å². The van der Waals surface area contributed by atoms with Crippen LogP contribution in [0.5, 0.6) is 0 Å². The third kappa shape index (κ3) is 3.70. The standard InChI is InChI=1S/C15H21FN6O.ClH/c1-4-15(5-2,9-17)14(23)18-11-6-7-12(16)13(8-11)22-10(3)19-20-21-22;/h6-8H,4-5,9,17H2,1-3H3,(H,18,23);1H. The molecule has 1 aromatic heterocycles. The lowest BCUT2D eigenvalue weighted by molar-refractivity contribution is -0.125. The lowest BCUT2D eigenvalue weighted by Gasteiger charge is -2.28. The molecule has 0 saturated heterocycles. The van der Waals surface area contributed by atoms with Crippen molar-refractivity contribution in [3.05, 3.63) is 29.8 Å². The van der Waals surface area contributed by atoms with E-state index in [9.17, 15) is 9.18 Å². The second-order valence-corrected chi connectivity index (χ2v) is 5.45. The van der Waals surface area contributed by atoms with E-state index in [-0.39, 0.29) is 30.5 Å². The van der Waals surface area contributed by atoms with E-state index >= 15 is 0 Å². The lowest BCUT2D eigenvalue weighted by Crippen LogP contribution is -2.41. The monoisotopic (exact) mass is 356 g/mol. The van der Waals surface area contributed by atoms with E-state index in [2.05, 4.69) is 20.8 Å². The van der Waals surface area contributed by atoms with Crippen molar-refractivity contribution in [2.75, 3.05) is 11.9 Å². The molecule has 0 aliphatic rings. The minimum Gasteiger partial charge on any atom is -0.329 e. The van der Waals surface area contributed by atoms with Crippen LogP contribution in [0.3, 0.4) is 0 Å². The lowest BCUT2D eigenvalue weighted by atomic mass is 9.81.